The zero-order valence-electron chi connectivity index (χ0n) is 11.3. The van der Waals surface area contributed by atoms with Crippen LogP contribution in [-0.2, 0) is 12.8 Å². The highest BCUT2D eigenvalue weighted by Gasteiger charge is 2.38. The van der Waals surface area contributed by atoms with Crippen molar-refractivity contribution >= 4 is 15.9 Å². The van der Waals surface area contributed by atoms with Crippen molar-refractivity contribution < 1.29 is 0 Å². The summed E-state index contributed by atoms with van der Waals surface area (Å²) in [7, 11) is 0. The molecular formula is C14H22BrN3. The Labute approximate surface area is 117 Å². The third-order valence-corrected chi connectivity index (χ3v) is 5.30. The van der Waals surface area contributed by atoms with E-state index in [-0.39, 0.29) is 0 Å². The SMILES string of the molecule is CC(C)n1nc(Br)c2c1CCC1(CCNCC1)C2. The van der Waals surface area contributed by atoms with Crippen molar-refractivity contribution in [3.63, 3.8) is 0 Å². The Morgan fingerprint density at radius 1 is 1.28 bits per heavy atom. The molecule has 1 saturated heterocycles. The molecule has 1 spiro atoms. The fourth-order valence-corrected chi connectivity index (χ4v) is 4.11. The van der Waals surface area contributed by atoms with Crippen LogP contribution in [0.2, 0.25) is 0 Å². The van der Waals surface area contributed by atoms with Gasteiger partial charge >= 0.3 is 0 Å². The summed E-state index contributed by atoms with van der Waals surface area (Å²) in [4.78, 5) is 0. The molecule has 1 aliphatic heterocycles. The number of piperidine rings is 1. The van der Waals surface area contributed by atoms with E-state index in [0.29, 0.717) is 11.5 Å². The lowest BCUT2D eigenvalue weighted by Gasteiger charge is -2.41. The molecule has 0 bridgehead atoms. The van der Waals surface area contributed by atoms with Gasteiger partial charge in [0.1, 0.15) is 4.60 Å². The number of halogens is 1. The van der Waals surface area contributed by atoms with Crippen LogP contribution < -0.4 is 5.32 Å². The van der Waals surface area contributed by atoms with E-state index in [1.54, 1.807) is 0 Å². The van der Waals surface area contributed by atoms with Gasteiger partial charge < -0.3 is 5.32 Å². The third-order valence-electron chi connectivity index (χ3n) is 4.67. The van der Waals surface area contributed by atoms with Crippen molar-refractivity contribution in [2.75, 3.05) is 13.1 Å². The van der Waals surface area contributed by atoms with Gasteiger partial charge in [0.05, 0.1) is 0 Å². The summed E-state index contributed by atoms with van der Waals surface area (Å²) in [5, 5.41) is 8.17. The van der Waals surface area contributed by atoms with Gasteiger partial charge in [-0.2, -0.15) is 5.10 Å². The Bertz CT molecular complexity index is 444. The standard InChI is InChI=1S/C14H22BrN3/c1-10(2)18-12-3-4-14(5-7-16-8-6-14)9-11(12)13(15)17-18/h10,16H,3-9H2,1-2H3. The Morgan fingerprint density at radius 2 is 2.00 bits per heavy atom. The maximum atomic E-state index is 4.69. The monoisotopic (exact) mass is 311 g/mol. The lowest BCUT2D eigenvalue weighted by Crippen LogP contribution is -2.40. The number of rotatable bonds is 1. The molecule has 0 unspecified atom stereocenters. The van der Waals surface area contributed by atoms with E-state index in [2.05, 4.69) is 44.9 Å². The van der Waals surface area contributed by atoms with Crippen LogP contribution in [-0.4, -0.2) is 22.9 Å². The van der Waals surface area contributed by atoms with Gasteiger partial charge in [-0.15, -0.1) is 0 Å². The molecule has 0 amide bonds. The van der Waals surface area contributed by atoms with E-state index < -0.39 is 0 Å². The second-order valence-electron chi connectivity index (χ2n) is 6.18. The van der Waals surface area contributed by atoms with Crippen LogP contribution >= 0.6 is 15.9 Å². The van der Waals surface area contributed by atoms with Gasteiger partial charge in [0.2, 0.25) is 0 Å². The first kappa shape index (κ1) is 12.7. The van der Waals surface area contributed by atoms with Crippen LogP contribution in [0.5, 0.6) is 0 Å². The van der Waals surface area contributed by atoms with Gasteiger partial charge in [-0.25, -0.2) is 0 Å². The molecule has 0 saturated carbocycles. The van der Waals surface area contributed by atoms with Crippen LogP contribution in [0.25, 0.3) is 0 Å². The summed E-state index contributed by atoms with van der Waals surface area (Å²) in [6, 6.07) is 0.465. The predicted octanol–water partition coefficient (Wildman–Crippen LogP) is 3.09. The minimum absolute atomic E-state index is 0.465. The first-order valence-corrected chi connectivity index (χ1v) is 7.87. The minimum atomic E-state index is 0.465. The number of hydrogen-bond donors (Lipinski definition) is 1. The van der Waals surface area contributed by atoms with Gasteiger partial charge in [0, 0.05) is 17.3 Å². The number of nitrogens with zero attached hydrogens (tertiary/aromatic N) is 2. The zero-order chi connectivity index (χ0) is 12.8. The van der Waals surface area contributed by atoms with Gasteiger partial charge in [0.15, 0.2) is 0 Å². The minimum Gasteiger partial charge on any atom is -0.317 e. The normalized spacial score (nSPS) is 22.4. The molecule has 1 fully saturated rings. The molecule has 2 heterocycles. The highest BCUT2D eigenvalue weighted by Crippen LogP contribution is 2.44. The smallest absolute Gasteiger partial charge is 0.131 e. The summed E-state index contributed by atoms with van der Waals surface area (Å²) in [6.45, 7) is 6.81. The maximum Gasteiger partial charge on any atom is 0.131 e. The summed E-state index contributed by atoms with van der Waals surface area (Å²) < 4.78 is 3.30. The van der Waals surface area contributed by atoms with Crippen molar-refractivity contribution in [3.8, 4) is 0 Å². The molecule has 0 atom stereocenters. The fraction of sp³-hybridized carbons (Fsp3) is 0.786. The van der Waals surface area contributed by atoms with Gasteiger partial charge in [-0.05, 0) is 80.4 Å². The number of fused-ring (bicyclic) bond motifs is 1. The summed E-state index contributed by atoms with van der Waals surface area (Å²) in [5.74, 6) is 0. The highest BCUT2D eigenvalue weighted by atomic mass is 79.9. The third kappa shape index (κ3) is 2.03. The first-order valence-electron chi connectivity index (χ1n) is 7.08. The van der Waals surface area contributed by atoms with E-state index in [0.717, 1.165) is 4.60 Å². The van der Waals surface area contributed by atoms with Gasteiger partial charge in [-0.3, -0.25) is 4.68 Å². The Balaban J connectivity index is 1.93. The summed E-state index contributed by atoms with van der Waals surface area (Å²) >= 11 is 3.67. The average Bonchev–Trinajstić information content (AvgIpc) is 2.68. The molecular weight excluding hydrogens is 290 g/mol. The lowest BCUT2D eigenvalue weighted by molar-refractivity contribution is 0.171. The van der Waals surface area contributed by atoms with Crippen molar-refractivity contribution in [2.24, 2.45) is 5.41 Å². The molecule has 3 nitrogen and oxygen atoms in total. The zero-order valence-corrected chi connectivity index (χ0v) is 12.9. The molecule has 100 valence electrons. The molecule has 18 heavy (non-hydrogen) atoms. The maximum absolute atomic E-state index is 4.69. The lowest BCUT2D eigenvalue weighted by atomic mass is 9.68. The van der Waals surface area contributed by atoms with Gasteiger partial charge in [-0.1, -0.05) is 0 Å². The van der Waals surface area contributed by atoms with Crippen molar-refractivity contribution in [1.82, 2.24) is 15.1 Å². The molecule has 1 aliphatic carbocycles. The van der Waals surface area contributed by atoms with Crippen molar-refractivity contribution in [2.45, 2.75) is 52.0 Å². The summed E-state index contributed by atoms with van der Waals surface area (Å²) in [5.41, 5.74) is 3.50. The van der Waals surface area contributed by atoms with E-state index >= 15 is 0 Å². The largest absolute Gasteiger partial charge is 0.317 e. The average molecular weight is 312 g/mol. The second-order valence-corrected chi connectivity index (χ2v) is 6.93. The molecule has 2 aliphatic rings. The van der Waals surface area contributed by atoms with Crippen LogP contribution in [0.1, 0.15) is 50.4 Å². The molecule has 0 aromatic carbocycles. The van der Waals surface area contributed by atoms with Crippen molar-refractivity contribution in [1.29, 1.82) is 0 Å². The predicted molar refractivity (Wildman–Crippen MR) is 76.9 cm³/mol. The van der Waals surface area contributed by atoms with Crippen LogP contribution in [0.4, 0.5) is 0 Å². The van der Waals surface area contributed by atoms with E-state index in [1.807, 2.05) is 0 Å². The fourth-order valence-electron chi connectivity index (χ4n) is 3.57. The first-order chi connectivity index (χ1) is 8.61. The number of hydrogen-bond acceptors (Lipinski definition) is 2. The Morgan fingerprint density at radius 3 is 2.67 bits per heavy atom. The van der Waals surface area contributed by atoms with E-state index in [4.69, 9.17) is 0 Å². The molecule has 1 N–H and O–H groups in total. The molecule has 0 radical (unpaired) electrons. The van der Waals surface area contributed by atoms with Crippen LogP contribution in [0.3, 0.4) is 0 Å². The highest BCUT2D eigenvalue weighted by molar-refractivity contribution is 9.10. The topological polar surface area (TPSA) is 29.9 Å². The Kier molecular flexibility index (Phi) is 3.27. The van der Waals surface area contributed by atoms with Crippen molar-refractivity contribution in [3.05, 3.63) is 15.9 Å². The second kappa shape index (κ2) is 4.64. The van der Waals surface area contributed by atoms with Gasteiger partial charge in [0.25, 0.3) is 0 Å². The number of nitrogens with one attached hydrogen (secondary N) is 1. The van der Waals surface area contributed by atoms with Crippen LogP contribution in [0, 0.1) is 5.41 Å². The molecule has 4 heteroatoms. The molecule has 1 aromatic heterocycles. The quantitative estimate of drug-likeness (QED) is 0.863. The van der Waals surface area contributed by atoms with E-state index in [9.17, 15) is 0 Å². The van der Waals surface area contributed by atoms with E-state index in [1.165, 1.54) is 56.5 Å². The number of aromatic nitrogens is 2. The van der Waals surface area contributed by atoms with Crippen LogP contribution in [0.15, 0.2) is 4.60 Å². The summed E-state index contributed by atoms with van der Waals surface area (Å²) in [6.07, 6.45) is 6.41. The Hall–Kier alpha value is -0.350. The molecule has 1 aromatic rings. The molecule has 3 rings (SSSR count).